The van der Waals surface area contributed by atoms with E-state index in [1.165, 1.54) is 11.0 Å². The van der Waals surface area contributed by atoms with E-state index >= 15 is 0 Å². The summed E-state index contributed by atoms with van der Waals surface area (Å²) in [5.74, 6) is -0.00570. The molecule has 0 bridgehead atoms. The number of hydrogen-bond acceptors (Lipinski definition) is 5. The lowest BCUT2D eigenvalue weighted by atomic mass is 10.1. The zero-order valence-electron chi connectivity index (χ0n) is 12.2. The molecular weight excluding hydrogens is 260 g/mol. The fourth-order valence-electron chi connectivity index (χ4n) is 1.78. The van der Waals surface area contributed by atoms with Gasteiger partial charge in [-0.15, -0.1) is 0 Å². The second kappa shape index (κ2) is 6.85. The lowest BCUT2D eigenvalue weighted by molar-refractivity contribution is -0.384. The number of nitro benzene ring substituents is 1. The summed E-state index contributed by atoms with van der Waals surface area (Å²) in [5, 5.41) is 13.8. The second-order valence-electron chi connectivity index (χ2n) is 4.82. The van der Waals surface area contributed by atoms with Gasteiger partial charge < -0.3 is 10.2 Å². The third kappa shape index (κ3) is 4.20. The van der Waals surface area contributed by atoms with Crippen molar-refractivity contribution in [3.05, 3.63) is 33.9 Å². The molecule has 0 saturated heterocycles. The number of carbonyl (C=O) groups is 1. The van der Waals surface area contributed by atoms with Crippen molar-refractivity contribution < 1.29 is 9.72 Å². The Morgan fingerprint density at radius 1 is 1.35 bits per heavy atom. The van der Waals surface area contributed by atoms with Gasteiger partial charge in [-0.1, -0.05) is 6.07 Å². The first-order chi connectivity index (χ1) is 9.35. The third-order valence-corrected chi connectivity index (χ3v) is 2.88. The van der Waals surface area contributed by atoms with Crippen LogP contribution in [0, 0.1) is 10.1 Å². The molecule has 0 fully saturated rings. The molecule has 7 heteroatoms. The maximum atomic E-state index is 11.6. The summed E-state index contributed by atoms with van der Waals surface area (Å²) in [4.78, 5) is 25.5. The van der Waals surface area contributed by atoms with Gasteiger partial charge in [0.1, 0.15) is 5.69 Å². The average molecular weight is 280 g/mol. The van der Waals surface area contributed by atoms with Gasteiger partial charge in [0, 0.05) is 33.8 Å². The highest BCUT2D eigenvalue weighted by molar-refractivity contribution is 5.77. The number of rotatable bonds is 6. The number of amides is 1. The molecule has 20 heavy (non-hydrogen) atoms. The number of nitrogens with one attached hydrogen (secondary N) is 1. The zero-order valence-corrected chi connectivity index (χ0v) is 12.2. The van der Waals surface area contributed by atoms with Crippen LogP contribution < -0.4 is 5.32 Å². The van der Waals surface area contributed by atoms with Crippen LogP contribution in [0.2, 0.25) is 0 Å². The van der Waals surface area contributed by atoms with Crippen LogP contribution in [0.5, 0.6) is 0 Å². The molecule has 0 aliphatic carbocycles. The van der Waals surface area contributed by atoms with Gasteiger partial charge in [0.05, 0.1) is 11.5 Å². The van der Waals surface area contributed by atoms with Crippen molar-refractivity contribution >= 4 is 17.3 Å². The maximum Gasteiger partial charge on any atom is 0.292 e. The van der Waals surface area contributed by atoms with Crippen LogP contribution in [0.15, 0.2) is 18.2 Å². The molecule has 1 aromatic carbocycles. The number of carbonyl (C=O) groups excluding carboxylic acids is 1. The van der Waals surface area contributed by atoms with Crippen LogP contribution in [0.3, 0.4) is 0 Å². The summed E-state index contributed by atoms with van der Waals surface area (Å²) < 4.78 is 0. The molecule has 1 rings (SSSR count). The fourth-order valence-corrected chi connectivity index (χ4v) is 1.78. The van der Waals surface area contributed by atoms with Gasteiger partial charge in [0.25, 0.3) is 5.69 Å². The van der Waals surface area contributed by atoms with Gasteiger partial charge in [-0.05, 0) is 18.7 Å². The third-order valence-electron chi connectivity index (χ3n) is 2.88. The molecule has 0 saturated carbocycles. The predicted molar refractivity (Wildman–Crippen MR) is 77.7 cm³/mol. The molecule has 0 radical (unpaired) electrons. The summed E-state index contributed by atoms with van der Waals surface area (Å²) in [6, 6.07) is 5.02. The Hall–Kier alpha value is -2.15. The van der Waals surface area contributed by atoms with Crippen LogP contribution in [-0.2, 0) is 11.3 Å². The molecule has 0 aromatic heterocycles. The quantitative estimate of drug-likeness (QED) is 0.625. The summed E-state index contributed by atoms with van der Waals surface area (Å²) in [6.45, 7) is 0.749. The molecule has 1 aromatic rings. The van der Waals surface area contributed by atoms with E-state index in [9.17, 15) is 14.9 Å². The van der Waals surface area contributed by atoms with Gasteiger partial charge in [-0.3, -0.25) is 19.8 Å². The Morgan fingerprint density at radius 3 is 2.50 bits per heavy atom. The number of hydrogen-bond donors (Lipinski definition) is 1. The van der Waals surface area contributed by atoms with Crippen LogP contribution in [0.1, 0.15) is 5.56 Å². The molecule has 1 amide bonds. The first kappa shape index (κ1) is 15.9. The van der Waals surface area contributed by atoms with Crippen LogP contribution >= 0.6 is 0 Å². The molecule has 0 heterocycles. The molecule has 110 valence electrons. The second-order valence-corrected chi connectivity index (χ2v) is 4.82. The zero-order chi connectivity index (χ0) is 15.3. The Bertz CT molecular complexity index is 502. The van der Waals surface area contributed by atoms with Gasteiger partial charge in [-0.25, -0.2) is 0 Å². The number of nitrogens with zero attached hydrogens (tertiary/aromatic N) is 3. The molecule has 0 aliphatic heterocycles. The van der Waals surface area contributed by atoms with Crippen LogP contribution in [0.25, 0.3) is 0 Å². The fraction of sp³-hybridized carbons (Fsp3) is 0.462. The summed E-state index contributed by atoms with van der Waals surface area (Å²) >= 11 is 0. The molecule has 0 unspecified atom stereocenters. The van der Waals surface area contributed by atoms with Gasteiger partial charge in [0.15, 0.2) is 0 Å². The van der Waals surface area contributed by atoms with E-state index in [1.54, 1.807) is 34.3 Å². The van der Waals surface area contributed by atoms with Crippen molar-refractivity contribution in [2.45, 2.75) is 6.54 Å². The van der Waals surface area contributed by atoms with Crippen LogP contribution in [0.4, 0.5) is 11.4 Å². The predicted octanol–water partition coefficient (Wildman–Crippen LogP) is 1.16. The van der Waals surface area contributed by atoms with E-state index in [4.69, 9.17) is 0 Å². The van der Waals surface area contributed by atoms with Gasteiger partial charge >= 0.3 is 0 Å². The number of anilines is 1. The Morgan fingerprint density at radius 2 is 2.00 bits per heavy atom. The van der Waals surface area contributed by atoms with E-state index in [-0.39, 0.29) is 18.1 Å². The molecule has 0 atom stereocenters. The summed E-state index contributed by atoms with van der Waals surface area (Å²) in [5.41, 5.74) is 1.31. The largest absolute Gasteiger partial charge is 0.383 e. The monoisotopic (exact) mass is 280 g/mol. The van der Waals surface area contributed by atoms with E-state index in [1.807, 2.05) is 11.0 Å². The molecule has 7 nitrogen and oxygen atoms in total. The minimum atomic E-state index is -0.416. The van der Waals surface area contributed by atoms with E-state index in [2.05, 4.69) is 5.32 Å². The van der Waals surface area contributed by atoms with E-state index in [0.717, 1.165) is 5.56 Å². The Kier molecular flexibility index (Phi) is 5.45. The number of likely N-dealkylation sites (N-methyl/N-ethyl adjacent to an activating group) is 2. The van der Waals surface area contributed by atoms with Gasteiger partial charge in [0.2, 0.25) is 5.91 Å². The van der Waals surface area contributed by atoms with Gasteiger partial charge in [-0.2, -0.15) is 0 Å². The standard InChI is InChI=1S/C13H20N4O3/c1-14-11-6-5-10(7-12(11)17(19)20)8-16(4)9-13(18)15(2)3/h5-7,14H,8-9H2,1-4H3. The van der Waals surface area contributed by atoms with Crippen molar-refractivity contribution in [2.24, 2.45) is 0 Å². The Balaban J connectivity index is 2.80. The minimum Gasteiger partial charge on any atom is -0.383 e. The summed E-state index contributed by atoms with van der Waals surface area (Å²) in [7, 11) is 6.84. The highest BCUT2D eigenvalue weighted by Gasteiger charge is 2.15. The number of benzene rings is 1. The topological polar surface area (TPSA) is 78.7 Å². The average Bonchev–Trinajstić information content (AvgIpc) is 2.38. The Labute approximate surface area is 118 Å². The first-order valence-corrected chi connectivity index (χ1v) is 6.19. The minimum absolute atomic E-state index is 0.00570. The van der Waals surface area contributed by atoms with Crippen molar-refractivity contribution in [1.82, 2.24) is 9.80 Å². The molecule has 0 spiro atoms. The van der Waals surface area contributed by atoms with Crippen molar-refractivity contribution in [3.63, 3.8) is 0 Å². The molecule has 1 N–H and O–H groups in total. The smallest absolute Gasteiger partial charge is 0.292 e. The van der Waals surface area contributed by atoms with Crippen molar-refractivity contribution in [2.75, 3.05) is 40.1 Å². The van der Waals surface area contributed by atoms with Crippen molar-refractivity contribution in [1.29, 1.82) is 0 Å². The molecular formula is C13H20N4O3. The normalized spacial score (nSPS) is 10.4. The summed E-state index contributed by atoms with van der Waals surface area (Å²) in [6.07, 6.45) is 0. The highest BCUT2D eigenvalue weighted by Crippen LogP contribution is 2.25. The first-order valence-electron chi connectivity index (χ1n) is 6.19. The lowest BCUT2D eigenvalue weighted by Crippen LogP contribution is -2.34. The molecule has 0 aliphatic rings. The van der Waals surface area contributed by atoms with E-state index in [0.29, 0.717) is 12.2 Å². The maximum absolute atomic E-state index is 11.6. The lowest BCUT2D eigenvalue weighted by Gasteiger charge is -2.19. The number of nitro groups is 1. The van der Waals surface area contributed by atoms with Crippen molar-refractivity contribution in [3.8, 4) is 0 Å². The van der Waals surface area contributed by atoms with Crippen LogP contribution in [-0.4, -0.2) is 55.4 Å². The highest BCUT2D eigenvalue weighted by atomic mass is 16.6. The van der Waals surface area contributed by atoms with E-state index < -0.39 is 4.92 Å². The SMILES string of the molecule is CNc1ccc(CN(C)CC(=O)N(C)C)cc1[N+](=O)[O-].